The molecule has 0 radical (unpaired) electrons. The number of hydrogen-bond donors (Lipinski definition) is 1. The molecule has 2 fully saturated rings. The van der Waals surface area contributed by atoms with Crippen LogP contribution in [0.15, 0.2) is 35.7 Å². The SMILES string of the molecule is Cc1nc(CN2CCC(C(=O)NCC3CCCN(Cc4ccccc4)C3)CC2)cs1. The fourth-order valence-corrected chi connectivity index (χ4v) is 5.36. The zero-order valence-corrected chi connectivity index (χ0v) is 18.9. The van der Waals surface area contributed by atoms with Gasteiger partial charge in [-0.3, -0.25) is 14.6 Å². The molecule has 5 nitrogen and oxygen atoms in total. The Morgan fingerprint density at radius 1 is 1.10 bits per heavy atom. The molecule has 1 aromatic carbocycles. The summed E-state index contributed by atoms with van der Waals surface area (Å²) in [5.41, 5.74) is 2.54. The minimum Gasteiger partial charge on any atom is -0.356 e. The number of carbonyl (C=O) groups excluding carboxylic acids is 1. The maximum atomic E-state index is 12.7. The van der Waals surface area contributed by atoms with Gasteiger partial charge in [-0.25, -0.2) is 4.98 Å². The second-order valence-electron chi connectivity index (χ2n) is 8.88. The average Bonchev–Trinajstić information content (AvgIpc) is 3.18. The molecule has 6 heteroatoms. The van der Waals surface area contributed by atoms with E-state index in [1.54, 1.807) is 11.3 Å². The van der Waals surface area contributed by atoms with Gasteiger partial charge in [0.25, 0.3) is 0 Å². The number of likely N-dealkylation sites (tertiary alicyclic amines) is 2. The van der Waals surface area contributed by atoms with Gasteiger partial charge in [0.15, 0.2) is 0 Å². The summed E-state index contributed by atoms with van der Waals surface area (Å²) in [6.07, 6.45) is 4.36. The predicted octanol–water partition coefficient (Wildman–Crippen LogP) is 3.69. The normalized spacial score (nSPS) is 21.6. The van der Waals surface area contributed by atoms with Crippen LogP contribution in [0.25, 0.3) is 0 Å². The van der Waals surface area contributed by atoms with Crippen molar-refractivity contribution in [2.75, 3.05) is 32.7 Å². The van der Waals surface area contributed by atoms with Crippen molar-refractivity contribution in [1.82, 2.24) is 20.1 Å². The van der Waals surface area contributed by atoms with Crippen LogP contribution in [0.1, 0.15) is 41.9 Å². The van der Waals surface area contributed by atoms with E-state index >= 15 is 0 Å². The van der Waals surface area contributed by atoms with Crippen molar-refractivity contribution < 1.29 is 4.79 Å². The molecule has 4 rings (SSSR count). The average molecular weight is 427 g/mol. The molecule has 1 aromatic heterocycles. The van der Waals surface area contributed by atoms with Crippen molar-refractivity contribution in [2.24, 2.45) is 11.8 Å². The molecule has 2 saturated heterocycles. The number of aryl methyl sites for hydroxylation is 1. The molecule has 2 aliphatic rings. The van der Waals surface area contributed by atoms with Gasteiger partial charge in [-0.1, -0.05) is 30.3 Å². The highest BCUT2D eigenvalue weighted by atomic mass is 32.1. The molecule has 2 aromatic rings. The quantitative estimate of drug-likeness (QED) is 0.734. The summed E-state index contributed by atoms with van der Waals surface area (Å²) in [6.45, 7) is 9.03. The van der Waals surface area contributed by atoms with E-state index in [0.29, 0.717) is 5.92 Å². The third kappa shape index (κ3) is 6.13. The van der Waals surface area contributed by atoms with Gasteiger partial charge in [-0.2, -0.15) is 0 Å². The van der Waals surface area contributed by atoms with E-state index in [1.807, 2.05) is 0 Å². The van der Waals surface area contributed by atoms with Crippen molar-refractivity contribution in [3.8, 4) is 0 Å². The lowest BCUT2D eigenvalue weighted by atomic mass is 9.94. The Morgan fingerprint density at radius 2 is 1.90 bits per heavy atom. The summed E-state index contributed by atoms with van der Waals surface area (Å²) in [7, 11) is 0. The first kappa shape index (κ1) is 21.5. The van der Waals surface area contributed by atoms with Crippen molar-refractivity contribution in [3.63, 3.8) is 0 Å². The molecule has 1 unspecified atom stereocenters. The van der Waals surface area contributed by atoms with E-state index in [9.17, 15) is 4.79 Å². The van der Waals surface area contributed by atoms with Gasteiger partial charge in [0.05, 0.1) is 10.7 Å². The molecule has 1 atom stereocenters. The van der Waals surface area contributed by atoms with Crippen molar-refractivity contribution in [2.45, 2.75) is 45.7 Å². The molecule has 162 valence electrons. The van der Waals surface area contributed by atoms with Gasteiger partial charge in [0.2, 0.25) is 5.91 Å². The number of piperidine rings is 2. The standard InChI is InChI=1S/C24H34N4OS/c1-19-26-23(18-30-19)17-27-12-9-22(10-13-27)24(29)25-14-21-8-5-11-28(16-21)15-20-6-3-2-4-7-20/h2-4,6-7,18,21-22H,5,8-17H2,1H3,(H,25,29). The van der Waals surface area contributed by atoms with E-state index in [4.69, 9.17) is 0 Å². The van der Waals surface area contributed by atoms with E-state index in [-0.39, 0.29) is 11.8 Å². The highest BCUT2D eigenvalue weighted by Crippen LogP contribution is 2.21. The third-order valence-corrected chi connectivity index (χ3v) is 7.25. The van der Waals surface area contributed by atoms with Crippen LogP contribution in [-0.4, -0.2) is 53.4 Å². The topological polar surface area (TPSA) is 48.5 Å². The fourth-order valence-electron chi connectivity index (χ4n) is 4.76. The van der Waals surface area contributed by atoms with Crippen LogP contribution in [0.2, 0.25) is 0 Å². The van der Waals surface area contributed by atoms with Crippen LogP contribution >= 0.6 is 11.3 Å². The second kappa shape index (κ2) is 10.5. The van der Waals surface area contributed by atoms with Crippen LogP contribution < -0.4 is 5.32 Å². The van der Waals surface area contributed by atoms with E-state index in [2.05, 4.69) is 62.7 Å². The molecule has 0 saturated carbocycles. The molecule has 3 heterocycles. The van der Waals surface area contributed by atoms with Crippen LogP contribution in [0.3, 0.4) is 0 Å². The number of rotatable bonds is 7. The molecule has 1 amide bonds. The number of benzene rings is 1. The summed E-state index contributed by atoms with van der Waals surface area (Å²) in [5.74, 6) is 1.00. The second-order valence-corrected chi connectivity index (χ2v) is 9.94. The fraction of sp³-hybridized carbons (Fsp3) is 0.583. The zero-order valence-electron chi connectivity index (χ0n) is 18.1. The molecular formula is C24H34N4OS. The molecular weight excluding hydrogens is 392 g/mol. The largest absolute Gasteiger partial charge is 0.356 e. The summed E-state index contributed by atoms with van der Waals surface area (Å²) < 4.78 is 0. The van der Waals surface area contributed by atoms with Gasteiger partial charge < -0.3 is 5.32 Å². The molecule has 0 bridgehead atoms. The van der Waals surface area contributed by atoms with Crippen LogP contribution in [0, 0.1) is 18.8 Å². The lowest BCUT2D eigenvalue weighted by Gasteiger charge is -2.34. The highest BCUT2D eigenvalue weighted by Gasteiger charge is 2.26. The van der Waals surface area contributed by atoms with Gasteiger partial charge in [0.1, 0.15) is 0 Å². The first-order valence-corrected chi connectivity index (χ1v) is 12.2. The summed E-state index contributed by atoms with van der Waals surface area (Å²) in [6, 6.07) is 10.7. The number of aromatic nitrogens is 1. The lowest BCUT2D eigenvalue weighted by Crippen LogP contribution is -2.44. The monoisotopic (exact) mass is 426 g/mol. The third-order valence-electron chi connectivity index (χ3n) is 6.43. The van der Waals surface area contributed by atoms with Crippen LogP contribution in [0.4, 0.5) is 0 Å². The van der Waals surface area contributed by atoms with Crippen molar-refractivity contribution in [3.05, 3.63) is 52.0 Å². The van der Waals surface area contributed by atoms with E-state index in [0.717, 1.165) is 69.4 Å². The Balaban J connectivity index is 1.16. The van der Waals surface area contributed by atoms with Crippen molar-refractivity contribution in [1.29, 1.82) is 0 Å². The Hall–Kier alpha value is -1.76. The summed E-state index contributed by atoms with van der Waals surface area (Å²) in [4.78, 5) is 22.3. The first-order chi connectivity index (χ1) is 14.7. The van der Waals surface area contributed by atoms with Crippen molar-refractivity contribution >= 4 is 17.2 Å². The Bertz CT molecular complexity index is 801. The molecule has 0 aliphatic carbocycles. The number of nitrogens with zero attached hydrogens (tertiary/aromatic N) is 3. The Labute approximate surface area is 184 Å². The molecule has 0 spiro atoms. The summed E-state index contributed by atoms with van der Waals surface area (Å²) >= 11 is 1.71. The summed E-state index contributed by atoms with van der Waals surface area (Å²) in [5, 5.41) is 6.56. The van der Waals surface area contributed by atoms with E-state index < -0.39 is 0 Å². The first-order valence-electron chi connectivity index (χ1n) is 11.3. The number of nitrogens with one attached hydrogen (secondary N) is 1. The molecule has 30 heavy (non-hydrogen) atoms. The van der Waals surface area contributed by atoms with Crippen LogP contribution in [0.5, 0.6) is 0 Å². The maximum absolute atomic E-state index is 12.7. The molecule has 2 aliphatic heterocycles. The van der Waals surface area contributed by atoms with Gasteiger partial charge in [-0.05, 0) is 63.7 Å². The Morgan fingerprint density at radius 3 is 2.63 bits per heavy atom. The minimum absolute atomic E-state index is 0.169. The molecule has 1 N–H and O–H groups in total. The predicted molar refractivity (Wildman–Crippen MR) is 122 cm³/mol. The number of amides is 1. The zero-order chi connectivity index (χ0) is 20.8. The van der Waals surface area contributed by atoms with Gasteiger partial charge in [-0.15, -0.1) is 11.3 Å². The maximum Gasteiger partial charge on any atom is 0.223 e. The minimum atomic E-state index is 0.169. The van der Waals surface area contributed by atoms with Crippen LogP contribution in [-0.2, 0) is 17.9 Å². The number of carbonyl (C=O) groups is 1. The highest BCUT2D eigenvalue weighted by molar-refractivity contribution is 7.09. The lowest BCUT2D eigenvalue weighted by molar-refractivity contribution is -0.126. The van der Waals surface area contributed by atoms with E-state index in [1.165, 1.54) is 18.4 Å². The van der Waals surface area contributed by atoms with Gasteiger partial charge in [0, 0.05) is 37.5 Å². The smallest absolute Gasteiger partial charge is 0.223 e. The number of hydrogen-bond acceptors (Lipinski definition) is 5. The number of thiazole rings is 1. The Kier molecular flexibility index (Phi) is 7.52. The van der Waals surface area contributed by atoms with Gasteiger partial charge >= 0.3 is 0 Å².